The number of hydrogen-bond donors (Lipinski definition) is 0. The average molecular weight is 304 g/mol. The molecule has 0 saturated heterocycles. The summed E-state index contributed by atoms with van der Waals surface area (Å²) in [4.78, 5) is 16.9. The van der Waals surface area contributed by atoms with Gasteiger partial charge in [-0.3, -0.25) is 4.79 Å². The molecule has 1 heterocycles. The topological polar surface area (TPSA) is 34.9 Å². The molecule has 1 aromatic heterocycles. The van der Waals surface area contributed by atoms with E-state index in [1.54, 1.807) is 17.7 Å². The molecule has 0 atom stereocenters. The highest BCUT2D eigenvalue weighted by molar-refractivity contribution is 5.77. The summed E-state index contributed by atoms with van der Waals surface area (Å²) >= 11 is 0. The van der Waals surface area contributed by atoms with Crippen LogP contribution in [0.3, 0.4) is 0 Å². The Morgan fingerprint density at radius 2 is 1.70 bits per heavy atom. The first-order valence-corrected chi connectivity index (χ1v) is 7.80. The van der Waals surface area contributed by atoms with E-state index in [1.807, 2.05) is 30.3 Å². The van der Waals surface area contributed by atoms with Crippen molar-refractivity contribution in [2.24, 2.45) is 7.05 Å². The van der Waals surface area contributed by atoms with E-state index in [-0.39, 0.29) is 5.56 Å². The Kier molecular flexibility index (Phi) is 4.11. The van der Waals surface area contributed by atoms with Gasteiger partial charge in [0, 0.05) is 7.05 Å². The minimum absolute atomic E-state index is 0.0845. The number of para-hydroxylation sites is 2. The highest BCUT2D eigenvalue weighted by Gasteiger charge is 2.05. The Balaban J connectivity index is 1.97. The first kappa shape index (κ1) is 15.2. The number of nitrogens with zero attached hydrogens (tertiary/aromatic N) is 2. The summed E-state index contributed by atoms with van der Waals surface area (Å²) in [5.41, 5.74) is 4.41. The molecule has 3 aromatic rings. The monoisotopic (exact) mass is 304 g/mol. The Morgan fingerprint density at radius 1 is 1.00 bits per heavy atom. The van der Waals surface area contributed by atoms with Crippen LogP contribution >= 0.6 is 0 Å². The lowest BCUT2D eigenvalue weighted by Crippen LogP contribution is -2.21. The van der Waals surface area contributed by atoms with Crippen LogP contribution in [0, 0.1) is 0 Å². The van der Waals surface area contributed by atoms with Crippen LogP contribution in [0.5, 0.6) is 0 Å². The van der Waals surface area contributed by atoms with Crippen molar-refractivity contribution in [1.29, 1.82) is 0 Å². The van der Waals surface area contributed by atoms with Crippen molar-refractivity contribution in [3.63, 3.8) is 0 Å². The predicted octanol–water partition coefficient (Wildman–Crippen LogP) is 4.23. The average Bonchev–Trinajstić information content (AvgIpc) is 2.57. The SMILES string of the molecule is CC(C)c1ccc(/C=C/c2nc3ccccc3n(C)c2=O)cc1. The number of hydrogen-bond acceptors (Lipinski definition) is 2. The Bertz CT molecular complexity index is 919. The van der Waals surface area contributed by atoms with E-state index >= 15 is 0 Å². The number of fused-ring (bicyclic) bond motifs is 1. The second kappa shape index (κ2) is 6.21. The van der Waals surface area contributed by atoms with Gasteiger partial charge >= 0.3 is 0 Å². The number of rotatable bonds is 3. The maximum absolute atomic E-state index is 12.4. The van der Waals surface area contributed by atoms with E-state index in [1.165, 1.54) is 5.56 Å². The zero-order valence-corrected chi connectivity index (χ0v) is 13.7. The quantitative estimate of drug-likeness (QED) is 0.726. The van der Waals surface area contributed by atoms with E-state index in [0.717, 1.165) is 16.6 Å². The molecule has 116 valence electrons. The minimum Gasteiger partial charge on any atom is -0.308 e. The molecule has 23 heavy (non-hydrogen) atoms. The van der Waals surface area contributed by atoms with Crippen LogP contribution in [-0.4, -0.2) is 9.55 Å². The van der Waals surface area contributed by atoms with Crippen molar-refractivity contribution >= 4 is 23.2 Å². The van der Waals surface area contributed by atoms with Crippen molar-refractivity contribution in [3.05, 3.63) is 75.7 Å². The van der Waals surface area contributed by atoms with Crippen molar-refractivity contribution in [3.8, 4) is 0 Å². The Hall–Kier alpha value is -2.68. The largest absolute Gasteiger partial charge is 0.308 e. The second-order valence-electron chi connectivity index (χ2n) is 6.00. The van der Waals surface area contributed by atoms with Crippen LogP contribution in [0.25, 0.3) is 23.2 Å². The van der Waals surface area contributed by atoms with Crippen LogP contribution < -0.4 is 5.56 Å². The molecule has 0 spiro atoms. The van der Waals surface area contributed by atoms with Crippen LogP contribution in [0.15, 0.2) is 53.3 Å². The molecule has 0 fully saturated rings. The third-order valence-corrected chi connectivity index (χ3v) is 4.04. The van der Waals surface area contributed by atoms with E-state index in [4.69, 9.17) is 0 Å². The third kappa shape index (κ3) is 3.09. The van der Waals surface area contributed by atoms with Crippen molar-refractivity contribution in [2.75, 3.05) is 0 Å². The molecule has 0 bridgehead atoms. The molecular formula is C20H20N2O. The fourth-order valence-electron chi connectivity index (χ4n) is 2.58. The lowest BCUT2D eigenvalue weighted by Gasteiger charge is -2.06. The van der Waals surface area contributed by atoms with Gasteiger partial charge < -0.3 is 4.57 Å². The van der Waals surface area contributed by atoms with E-state index in [9.17, 15) is 4.79 Å². The van der Waals surface area contributed by atoms with Crippen molar-refractivity contribution < 1.29 is 0 Å². The lowest BCUT2D eigenvalue weighted by atomic mass is 10.0. The molecule has 0 aliphatic rings. The first-order chi connectivity index (χ1) is 11.1. The fraction of sp³-hybridized carbons (Fsp3) is 0.200. The van der Waals surface area contributed by atoms with Crippen LogP contribution in [0.2, 0.25) is 0 Å². The Labute approximate surface area is 135 Å². The highest BCUT2D eigenvalue weighted by Crippen LogP contribution is 2.16. The molecule has 0 amide bonds. The van der Waals surface area contributed by atoms with Crippen LogP contribution in [0.4, 0.5) is 0 Å². The van der Waals surface area contributed by atoms with Crippen LogP contribution in [0.1, 0.15) is 36.6 Å². The normalized spacial score (nSPS) is 11.7. The van der Waals surface area contributed by atoms with Gasteiger partial charge in [-0.05, 0) is 35.3 Å². The highest BCUT2D eigenvalue weighted by atomic mass is 16.1. The summed E-state index contributed by atoms with van der Waals surface area (Å²) in [6, 6.07) is 16.0. The fourth-order valence-corrected chi connectivity index (χ4v) is 2.58. The van der Waals surface area contributed by atoms with Gasteiger partial charge in [0.25, 0.3) is 5.56 Å². The van der Waals surface area contributed by atoms with E-state index in [0.29, 0.717) is 11.6 Å². The number of benzene rings is 2. The molecule has 3 nitrogen and oxygen atoms in total. The minimum atomic E-state index is -0.0845. The molecule has 2 aromatic carbocycles. The summed E-state index contributed by atoms with van der Waals surface area (Å²) in [6.45, 7) is 4.35. The lowest BCUT2D eigenvalue weighted by molar-refractivity contribution is 0.866. The predicted molar refractivity (Wildman–Crippen MR) is 96.4 cm³/mol. The second-order valence-corrected chi connectivity index (χ2v) is 6.00. The van der Waals surface area contributed by atoms with Crippen molar-refractivity contribution in [1.82, 2.24) is 9.55 Å². The molecule has 3 heteroatoms. The van der Waals surface area contributed by atoms with Gasteiger partial charge in [0.05, 0.1) is 11.0 Å². The van der Waals surface area contributed by atoms with Gasteiger partial charge in [0.1, 0.15) is 5.69 Å². The summed E-state index contributed by atoms with van der Waals surface area (Å²) in [6.07, 6.45) is 3.72. The van der Waals surface area contributed by atoms with Gasteiger partial charge in [-0.1, -0.05) is 56.3 Å². The summed E-state index contributed by atoms with van der Waals surface area (Å²) < 4.78 is 1.64. The van der Waals surface area contributed by atoms with Gasteiger partial charge in [-0.25, -0.2) is 4.98 Å². The molecule has 0 saturated carbocycles. The summed E-state index contributed by atoms with van der Waals surface area (Å²) in [5, 5.41) is 0. The molecule has 0 radical (unpaired) electrons. The van der Waals surface area contributed by atoms with E-state index < -0.39 is 0 Å². The molecule has 0 N–H and O–H groups in total. The standard InChI is InChI=1S/C20H20N2O/c1-14(2)16-11-8-15(9-12-16)10-13-18-20(23)22(3)19-7-5-4-6-17(19)21-18/h4-14H,1-3H3/b13-10+. The zero-order chi connectivity index (χ0) is 16.4. The van der Waals surface area contributed by atoms with Crippen LogP contribution in [-0.2, 0) is 7.05 Å². The number of aromatic nitrogens is 2. The molecular weight excluding hydrogens is 284 g/mol. The van der Waals surface area contributed by atoms with Gasteiger partial charge in [-0.2, -0.15) is 0 Å². The summed E-state index contributed by atoms with van der Waals surface area (Å²) in [5.74, 6) is 0.516. The van der Waals surface area contributed by atoms with Gasteiger partial charge in [-0.15, -0.1) is 0 Å². The molecule has 0 aliphatic heterocycles. The maximum Gasteiger partial charge on any atom is 0.276 e. The summed E-state index contributed by atoms with van der Waals surface area (Å²) in [7, 11) is 1.78. The Morgan fingerprint density at radius 3 is 2.39 bits per heavy atom. The third-order valence-electron chi connectivity index (χ3n) is 4.04. The van der Waals surface area contributed by atoms with Gasteiger partial charge in [0.2, 0.25) is 0 Å². The first-order valence-electron chi connectivity index (χ1n) is 7.80. The molecule has 3 rings (SSSR count). The van der Waals surface area contributed by atoms with E-state index in [2.05, 4.69) is 43.1 Å². The zero-order valence-electron chi connectivity index (χ0n) is 13.7. The molecule has 0 aliphatic carbocycles. The molecule has 0 unspecified atom stereocenters. The maximum atomic E-state index is 12.4. The van der Waals surface area contributed by atoms with Gasteiger partial charge in [0.15, 0.2) is 0 Å². The number of aryl methyl sites for hydroxylation is 1. The smallest absolute Gasteiger partial charge is 0.276 e. The van der Waals surface area contributed by atoms with Crippen molar-refractivity contribution in [2.45, 2.75) is 19.8 Å².